The van der Waals surface area contributed by atoms with Crippen molar-refractivity contribution in [3.8, 4) is 33.8 Å². The van der Waals surface area contributed by atoms with Gasteiger partial charge in [-0.3, -0.25) is 0 Å². The second kappa shape index (κ2) is 15.0. The van der Waals surface area contributed by atoms with E-state index >= 15 is 0 Å². The summed E-state index contributed by atoms with van der Waals surface area (Å²) in [6.45, 7) is 9.73. The Kier molecular flexibility index (Phi) is 10.7. The van der Waals surface area contributed by atoms with Crippen molar-refractivity contribution in [1.29, 1.82) is 0 Å². The molecule has 0 aliphatic heterocycles. The van der Waals surface area contributed by atoms with E-state index in [1.165, 1.54) is 36.8 Å². The number of phenolic OH excluding ortho intramolecular Hbond substituents is 2. The van der Waals surface area contributed by atoms with E-state index in [0.29, 0.717) is 11.1 Å². The molecule has 0 saturated heterocycles. The van der Waals surface area contributed by atoms with Gasteiger partial charge in [-0.2, -0.15) is 0 Å². The number of hydrogen-bond acceptors (Lipinski definition) is 2. The third-order valence-electron chi connectivity index (χ3n) is 11.7. The Morgan fingerprint density at radius 1 is 0.408 bits per heavy atom. The summed E-state index contributed by atoms with van der Waals surface area (Å²) in [6.07, 6.45) is 5.38. The smallest absolute Gasteiger partial charge is 0.507 e. The van der Waals surface area contributed by atoms with Gasteiger partial charge in [-0.25, -0.2) is 0 Å². The molecule has 0 spiro atoms. The Bertz CT molecular complexity index is 1900. The van der Waals surface area contributed by atoms with Gasteiger partial charge in [0, 0.05) is 11.1 Å². The SMILES string of the molecule is CC1CC(c2ccccc2-c2ccccc2C2CC(C)C(C)C2)CC1C.Oc1ccc2ccccc2c1-c1c(O)ccc2ccccc12.[Ti+2]. The molecule has 0 aromatic heterocycles. The van der Waals surface area contributed by atoms with Crippen LogP contribution in [-0.4, -0.2) is 10.2 Å². The second-order valence-electron chi connectivity index (χ2n) is 14.8. The van der Waals surface area contributed by atoms with Crippen LogP contribution in [0.2, 0.25) is 0 Å². The van der Waals surface area contributed by atoms with Crippen molar-refractivity contribution < 1.29 is 31.9 Å². The van der Waals surface area contributed by atoms with Crippen molar-refractivity contribution in [3.05, 3.63) is 132 Å². The molecule has 8 rings (SSSR count). The zero-order valence-corrected chi connectivity index (χ0v) is 30.8. The van der Waals surface area contributed by atoms with Crippen LogP contribution in [0.1, 0.15) is 76.3 Å². The second-order valence-corrected chi connectivity index (χ2v) is 14.8. The molecule has 2 aliphatic rings. The largest absolute Gasteiger partial charge is 2.00 e. The Hall–Kier alpha value is -3.85. The standard InChI is InChI=1S/C26H34.C20H14O2.Ti/c1-17-13-21(14-18(17)2)23-9-5-7-11-25(23)26-12-8-6-10-24(26)22-15-19(3)20(4)16-22;21-17-11-9-13-5-1-3-7-15(13)19(17)20-16-8-4-2-6-14(16)10-12-18(20)22;/h5-12,17-22H,13-16H2,1-4H3;1-12,21-22H;/q;;+2. The summed E-state index contributed by atoms with van der Waals surface area (Å²) < 4.78 is 0. The Morgan fingerprint density at radius 2 is 0.735 bits per heavy atom. The van der Waals surface area contributed by atoms with Crippen molar-refractivity contribution in [2.45, 2.75) is 65.2 Å². The molecule has 6 aromatic carbocycles. The van der Waals surface area contributed by atoms with Crippen molar-refractivity contribution in [2.24, 2.45) is 23.7 Å². The number of phenols is 2. The summed E-state index contributed by atoms with van der Waals surface area (Å²) in [7, 11) is 0. The average molecular weight is 681 g/mol. The molecule has 49 heavy (non-hydrogen) atoms. The summed E-state index contributed by atoms with van der Waals surface area (Å²) in [5, 5.41) is 24.8. The van der Waals surface area contributed by atoms with Crippen LogP contribution in [0.3, 0.4) is 0 Å². The Morgan fingerprint density at radius 3 is 1.12 bits per heavy atom. The van der Waals surface area contributed by atoms with Gasteiger partial charge >= 0.3 is 21.7 Å². The molecule has 2 saturated carbocycles. The van der Waals surface area contributed by atoms with E-state index in [-0.39, 0.29) is 33.2 Å². The van der Waals surface area contributed by atoms with Crippen molar-refractivity contribution >= 4 is 21.5 Å². The molecule has 6 aromatic rings. The molecule has 2 nitrogen and oxygen atoms in total. The van der Waals surface area contributed by atoms with Gasteiger partial charge in [0.1, 0.15) is 11.5 Å². The summed E-state index contributed by atoms with van der Waals surface area (Å²) in [5.41, 5.74) is 7.54. The molecule has 0 amide bonds. The van der Waals surface area contributed by atoms with Crippen LogP contribution >= 0.6 is 0 Å². The van der Waals surface area contributed by atoms with E-state index in [4.69, 9.17) is 0 Å². The molecule has 2 N–H and O–H groups in total. The molecule has 2 aliphatic carbocycles. The van der Waals surface area contributed by atoms with Crippen LogP contribution in [0.4, 0.5) is 0 Å². The minimum Gasteiger partial charge on any atom is -0.507 e. The van der Waals surface area contributed by atoms with Gasteiger partial charge < -0.3 is 10.2 Å². The van der Waals surface area contributed by atoms with Gasteiger partial charge in [-0.1, -0.05) is 137 Å². The van der Waals surface area contributed by atoms with Gasteiger partial charge in [-0.05, 0) is 117 Å². The van der Waals surface area contributed by atoms with E-state index in [9.17, 15) is 10.2 Å². The molecule has 0 radical (unpaired) electrons. The molecule has 3 heteroatoms. The van der Waals surface area contributed by atoms with Crippen LogP contribution in [0.5, 0.6) is 11.5 Å². The first-order valence-electron chi connectivity index (χ1n) is 17.9. The average Bonchev–Trinajstić information content (AvgIpc) is 3.64. The zero-order chi connectivity index (χ0) is 33.4. The first-order chi connectivity index (χ1) is 23.3. The quantitative estimate of drug-likeness (QED) is 0.182. The third-order valence-corrected chi connectivity index (χ3v) is 11.7. The van der Waals surface area contributed by atoms with Crippen molar-refractivity contribution in [1.82, 2.24) is 0 Å². The van der Waals surface area contributed by atoms with E-state index in [1.807, 2.05) is 60.7 Å². The van der Waals surface area contributed by atoms with E-state index in [1.54, 1.807) is 23.3 Å². The maximum atomic E-state index is 10.4. The normalized spacial score (nSPS) is 23.2. The van der Waals surface area contributed by atoms with E-state index in [0.717, 1.165) is 57.1 Å². The van der Waals surface area contributed by atoms with Crippen molar-refractivity contribution in [3.63, 3.8) is 0 Å². The fourth-order valence-electron chi connectivity index (χ4n) is 8.67. The van der Waals surface area contributed by atoms with Gasteiger partial charge in [0.2, 0.25) is 0 Å². The molecule has 4 atom stereocenters. The van der Waals surface area contributed by atoms with Gasteiger partial charge in [0.15, 0.2) is 0 Å². The maximum Gasteiger partial charge on any atom is 2.00 e. The Labute approximate surface area is 307 Å². The molecule has 4 unspecified atom stereocenters. The van der Waals surface area contributed by atoms with Gasteiger partial charge in [-0.15, -0.1) is 0 Å². The predicted molar refractivity (Wildman–Crippen MR) is 203 cm³/mol. The molecule has 246 valence electrons. The number of aromatic hydroxyl groups is 2. The number of fused-ring (bicyclic) bond motifs is 2. The fraction of sp³-hybridized carbons (Fsp3) is 0.304. The van der Waals surface area contributed by atoms with Crippen LogP contribution < -0.4 is 0 Å². The maximum absolute atomic E-state index is 10.4. The molecular weight excluding hydrogens is 632 g/mol. The number of rotatable bonds is 4. The van der Waals surface area contributed by atoms with Crippen LogP contribution in [0, 0.1) is 23.7 Å². The topological polar surface area (TPSA) is 40.5 Å². The monoisotopic (exact) mass is 680 g/mol. The molecular formula is C46H48O2Ti+2. The van der Waals surface area contributed by atoms with Gasteiger partial charge in [0.05, 0.1) is 0 Å². The predicted octanol–water partition coefficient (Wildman–Crippen LogP) is 12.7. The Balaban J connectivity index is 0.000000169. The van der Waals surface area contributed by atoms with E-state index < -0.39 is 0 Å². The van der Waals surface area contributed by atoms with Crippen molar-refractivity contribution in [2.75, 3.05) is 0 Å². The zero-order valence-electron chi connectivity index (χ0n) is 29.2. The summed E-state index contributed by atoms with van der Waals surface area (Å²) in [5.74, 6) is 5.19. The molecule has 0 bridgehead atoms. The first kappa shape index (κ1) is 35.0. The van der Waals surface area contributed by atoms with Gasteiger partial charge in [0.25, 0.3) is 0 Å². The molecule has 2 fully saturated rings. The van der Waals surface area contributed by atoms with Crippen LogP contribution in [-0.2, 0) is 21.7 Å². The number of benzene rings is 6. The summed E-state index contributed by atoms with van der Waals surface area (Å²) >= 11 is 0. The van der Waals surface area contributed by atoms with Crippen LogP contribution in [0.15, 0.2) is 121 Å². The fourth-order valence-corrected chi connectivity index (χ4v) is 8.67. The first-order valence-corrected chi connectivity index (χ1v) is 17.9. The molecule has 0 heterocycles. The summed E-state index contributed by atoms with van der Waals surface area (Å²) in [4.78, 5) is 0. The van der Waals surface area contributed by atoms with E-state index in [2.05, 4.69) is 76.2 Å². The number of hydrogen-bond donors (Lipinski definition) is 2. The minimum atomic E-state index is 0. The minimum absolute atomic E-state index is 0. The third kappa shape index (κ3) is 6.96. The van der Waals surface area contributed by atoms with Crippen LogP contribution in [0.25, 0.3) is 43.8 Å². The summed E-state index contributed by atoms with van der Waals surface area (Å²) in [6, 6.07) is 41.4.